The topological polar surface area (TPSA) is 47.9 Å². The van der Waals surface area contributed by atoms with E-state index in [1.165, 1.54) is 0 Å². The summed E-state index contributed by atoms with van der Waals surface area (Å²) in [5.74, 6) is 1.82. The van der Waals surface area contributed by atoms with Gasteiger partial charge in [-0.15, -0.1) is 0 Å². The molecule has 0 radical (unpaired) electrons. The van der Waals surface area contributed by atoms with Gasteiger partial charge in [-0.1, -0.05) is 53.0 Å². The van der Waals surface area contributed by atoms with E-state index >= 15 is 0 Å². The van der Waals surface area contributed by atoms with Gasteiger partial charge in [0.1, 0.15) is 11.6 Å². The zero-order chi connectivity index (χ0) is 15.5. The van der Waals surface area contributed by atoms with Crippen LogP contribution in [0.5, 0.6) is 5.75 Å². The molecule has 1 aromatic heterocycles. The first-order valence-electron chi connectivity index (χ1n) is 6.00. The zero-order valence-electron chi connectivity index (χ0n) is 11.3. The van der Waals surface area contributed by atoms with Gasteiger partial charge in [0.25, 0.3) is 0 Å². The number of aromatic nitrogens is 3. The summed E-state index contributed by atoms with van der Waals surface area (Å²) >= 11 is 17.4. The number of halogens is 3. The van der Waals surface area contributed by atoms with Gasteiger partial charge in [-0.05, 0) is 30.7 Å². The van der Waals surface area contributed by atoms with Crippen LogP contribution in [0.15, 0.2) is 24.3 Å². The normalized spacial score (nSPS) is 11.9. The standard InChI is InChI=1S/C14H12Cl3N3O/c1-9-18-12(20-13(19-9)14(15,16)17)8-5-10-3-6-11(21-2)7-4-10/h3-8H,1-2H3/b8-5+. The van der Waals surface area contributed by atoms with Crippen molar-refractivity contribution in [2.24, 2.45) is 0 Å². The van der Waals surface area contributed by atoms with Crippen LogP contribution < -0.4 is 4.74 Å². The monoisotopic (exact) mass is 343 g/mol. The molecule has 0 aliphatic heterocycles. The van der Waals surface area contributed by atoms with Gasteiger partial charge < -0.3 is 4.74 Å². The molecule has 0 saturated carbocycles. The quantitative estimate of drug-likeness (QED) is 0.784. The Morgan fingerprint density at radius 2 is 1.67 bits per heavy atom. The number of alkyl halides is 3. The lowest BCUT2D eigenvalue weighted by Gasteiger charge is -2.09. The Bertz CT molecular complexity index is 652. The Balaban J connectivity index is 2.25. The van der Waals surface area contributed by atoms with Crippen LogP contribution in [0.3, 0.4) is 0 Å². The Hall–Kier alpha value is -1.36. The highest BCUT2D eigenvalue weighted by Gasteiger charge is 2.27. The van der Waals surface area contributed by atoms with Crippen molar-refractivity contribution in [2.75, 3.05) is 7.11 Å². The summed E-state index contributed by atoms with van der Waals surface area (Å²) in [5, 5.41) is 0. The molecule has 0 amide bonds. The van der Waals surface area contributed by atoms with E-state index in [1.54, 1.807) is 20.1 Å². The van der Waals surface area contributed by atoms with Crippen LogP contribution in [0.2, 0.25) is 0 Å². The molecule has 0 saturated heterocycles. The predicted octanol–water partition coefficient (Wildman–Crippen LogP) is 4.19. The Morgan fingerprint density at radius 1 is 1.00 bits per heavy atom. The number of hydrogen-bond acceptors (Lipinski definition) is 4. The molecular formula is C14H12Cl3N3O. The average Bonchev–Trinajstić information content (AvgIpc) is 2.44. The Labute approximate surface area is 137 Å². The van der Waals surface area contributed by atoms with E-state index in [0.29, 0.717) is 11.6 Å². The Morgan fingerprint density at radius 3 is 2.24 bits per heavy atom. The molecule has 0 fully saturated rings. The van der Waals surface area contributed by atoms with Crippen LogP contribution in [0.4, 0.5) is 0 Å². The molecule has 0 aliphatic rings. The molecule has 0 unspecified atom stereocenters. The number of ether oxygens (including phenoxy) is 1. The highest BCUT2D eigenvalue weighted by molar-refractivity contribution is 6.66. The second-order valence-electron chi connectivity index (χ2n) is 4.17. The second-order valence-corrected chi connectivity index (χ2v) is 6.45. The third-order valence-electron chi connectivity index (χ3n) is 2.56. The molecule has 0 spiro atoms. The van der Waals surface area contributed by atoms with E-state index in [-0.39, 0.29) is 5.82 Å². The van der Waals surface area contributed by atoms with Crippen LogP contribution >= 0.6 is 34.8 Å². The molecule has 0 atom stereocenters. The molecule has 4 nitrogen and oxygen atoms in total. The van der Waals surface area contributed by atoms with Crippen molar-refractivity contribution in [3.8, 4) is 5.75 Å². The first-order chi connectivity index (χ1) is 9.88. The number of nitrogens with zero attached hydrogens (tertiary/aromatic N) is 3. The van der Waals surface area contributed by atoms with Gasteiger partial charge in [0.15, 0.2) is 11.6 Å². The minimum atomic E-state index is -1.67. The first kappa shape index (κ1) is 16.0. The lowest BCUT2D eigenvalue weighted by molar-refractivity contribution is 0.415. The minimum Gasteiger partial charge on any atom is -0.497 e. The third-order valence-corrected chi connectivity index (χ3v) is 3.07. The van der Waals surface area contributed by atoms with E-state index < -0.39 is 3.79 Å². The molecule has 0 aliphatic carbocycles. The smallest absolute Gasteiger partial charge is 0.250 e. The van der Waals surface area contributed by atoms with Crippen molar-refractivity contribution < 1.29 is 4.74 Å². The molecule has 7 heteroatoms. The molecule has 2 rings (SSSR count). The lowest BCUT2D eigenvalue weighted by Crippen LogP contribution is -2.11. The third kappa shape index (κ3) is 4.56. The lowest BCUT2D eigenvalue weighted by atomic mass is 10.2. The SMILES string of the molecule is COc1ccc(/C=C/c2nc(C)nc(C(Cl)(Cl)Cl)n2)cc1. The van der Waals surface area contributed by atoms with E-state index in [9.17, 15) is 0 Å². The molecule has 0 N–H and O–H groups in total. The van der Waals surface area contributed by atoms with Gasteiger partial charge in [-0.3, -0.25) is 0 Å². The van der Waals surface area contributed by atoms with Gasteiger partial charge >= 0.3 is 0 Å². The van der Waals surface area contributed by atoms with Crippen molar-refractivity contribution in [1.82, 2.24) is 15.0 Å². The van der Waals surface area contributed by atoms with E-state index in [1.807, 2.05) is 30.3 Å². The highest BCUT2D eigenvalue weighted by atomic mass is 35.6. The predicted molar refractivity (Wildman–Crippen MR) is 85.7 cm³/mol. The second kappa shape index (κ2) is 6.60. The highest BCUT2D eigenvalue weighted by Crippen LogP contribution is 2.35. The average molecular weight is 345 g/mol. The van der Waals surface area contributed by atoms with Crippen LogP contribution in [0, 0.1) is 6.92 Å². The fraction of sp³-hybridized carbons (Fsp3) is 0.214. The van der Waals surface area contributed by atoms with Crippen molar-refractivity contribution in [3.05, 3.63) is 47.3 Å². The fourth-order valence-corrected chi connectivity index (χ4v) is 1.84. The van der Waals surface area contributed by atoms with Gasteiger partial charge in [-0.25, -0.2) is 15.0 Å². The maximum Gasteiger partial charge on any atom is 0.250 e. The van der Waals surface area contributed by atoms with E-state index in [2.05, 4.69) is 15.0 Å². The van der Waals surface area contributed by atoms with Crippen molar-refractivity contribution in [3.63, 3.8) is 0 Å². The van der Waals surface area contributed by atoms with Crippen molar-refractivity contribution in [2.45, 2.75) is 10.7 Å². The van der Waals surface area contributed by atoms with Crippen LogP contribution in [-0.4, -0.2) is 22.1 Å². The van der Waals surface area contributed by atoms with Gasteiger partial charge in [0.05, 0.1) is 7.11 Å². The van der Waals surface area contributed by atoms with E-state index in [4.69, 9.17) is 39.5 Å². The molecule has 1 heterocycles. The number of methoxy groups -OCH3 is 1. The summed E-state index contributed by atoms with van der Waals surface area (Å²) in [4.78, 5) is 12.3. The van der Waals surface area contributed by atoms with Crippen LogP contribution in [0.25, 0.3) is 12.2 Å². The summed E-state index contributed by atoms with van der Waals surface area (Å²) in [6.07, 6.45) is 3.59. The zero-order valence-corrected chi connectivity index (χ0v) is 13.6. The molecule has 1 aromatic carbocycles. The summed E-state index contributed by atoms with van der Waals surface area (Å²) < 4.78 is 3.43. The summed E-state index contributed by atoms with van der Waals surface area (Å²) in [6, 6.07) is 7.56. The largest absolute Gasteiger partial charge is 0.497 e. The maximum atomic E-state index is 5.79. The van der Waals surface area contributed by atoms with Gasteiger partial charge in [-0.2, -0.15) is 0 Å². The molecule has 21 heavy (non-hydrogen) atoms. The fourth-order valence-electron chi connectivity index (χ4n) is 1.59. The first-order valence-corrected chi connectivity index (χ1v) is 7.14. The van der Waals surface area contributed by atoms with Gasteiger partial charge in [0, 0.05) is 0 Å². The maximum absolute atomic E-state index is 5.79. The number of rotatable bonds is 3. The van der Waals surface area contributed by atoms with Crippen LogP contribution in [-0.2, 0) is 3.79 Å². The summed E-state index contributed by atoms with van der Waals surface area (Å²) in [5.41, 5.74) is 0.976. The minimum absolute atomic E-state index is 0.106. The number of benzene rings is 1. The summed E-state index contributed by atoms with van der Waals surface area (Å²) in [6.45, 7) is 1.71. The Kier molecular flexibility index (Phi) is 5.04. The molecule has 0 bridgehead atoms. The van der Waals surface area contributed by atoms with Crippen molar-refractivity contribution >= 4 is 47.0 Å². The van der Waals surface area contributed by atoms with Crippen molar-refractivity contribution in [1.29, 1.82) is 0 Å². The number of aryl methyl sites for hydroxylation is 1. The molecular weight excluding hydrogens is 333 g/mol. The van der Waals surface area contributed by atoms with E-state index in [0.717, 1.165) is 11.3 Å². The molecule has 110 valence electrons. The number of hydrogen-bond donors (Lipinski definition) is 0. The summed E-state index contributed by atoms with van der Waals surface area (Å²) in [7, 11) is 1.62. The van der Waals surface area contributed by atoms with Crippen LogP contribution in [0.1, 0.15) is 23.0 Å². The molecule has 2 aromatic rings. The van der Waals surface area contributed by atoms with Gasteiger partial charge in [0.2, 0.25) is 3.79 Å².